The molecule has 0 saturated heterocycles. The molecule has 10 aromatic rings. The molecule has 3 heterocycles. The van der Waals surface area contributed by atoms with E-state index in [0.29, 0.717) is 0 Å². The van der Waals surface area contributed by atoms with Crippen LogP contribution in [0, 0.1) is 0 Å². The van der Waals surface area contributed by atoms with Crippen LogP contribution in [0.5, 0.6) is 0 Å². The van der Waals surface area contributed by atoms with E-state index in [1.807, 2.05) is 0 Å². The number of nitrogens with zero attached hydrogens (tertiary/aromatic N) is 1. The summed E-state index contributed by atoms with van der Waals surface area (Å²) in [6, 6.07) is 66.4. The van der Waals surface area contributed by atoms with Crippen molar-refractivity contribution in [3.05, 3.63) is 193 Å². The maximum absolute atomic E-state index is 7.11. The second-order valence-corrected chi connectivity index (χ2v) is 14.0. The van der Waals surface area contributed by atoms with Crippen molar-refractivity contribution in [2.45, 2.75) is 6.42 Å². The Bertz CT molecular complexity index is 2910. The van der Waals surface area contributed by atoms with Crippen molar-refractivity contribution < 1.29 is 4.42 Å². The molecule has 1 aliphatic rings. The summed E-state index contributed by atoms with van der Waals surface area (Å²) in [7, 11) is 0. The molecule has 0 radical (unpaired) electrons. The molecule has 0 N–H and O–H groups in total. The Morgan fingerprint density at radius 1 is 0.423 bits per heavy atom. The number of benzene rings is 8. The van der Waals surface area contributed by atoms with Gasteiger partial charge in [0.2, 0.25) is 6.71 Å². The SMILES string of the molecule is c1ccc(-c2cc(B3c4ccccc4Cc4ccccc43)cc(-c3cccc4c3oc3c(-n5c6ccccc6c6ccccc65)cccc34)c2)cc1. The largest absolute Gasteiger partial charge is 0.453 e. The molecule has 2 aromatic heterocycles. The van der Waals surface area contributed by atoms with Crippen molar-refractivity contribution in [2.24, 2.45) is 0 Å². The highest BCUT2D eigenvalue weighted by Crippen LogP contribution is 2.41. The van der Waals surface area contributed by atoms with Crippen molar-refractivity contribution in [1.82, 2.24) is 4.57 Å². The van der Waals surface area contributed by atoms with Crippen LogP contribution in [0.1, 0.15) is 11.1 Å². The summed E-state index contributed by atoms with van der Waals surface area (Å²) in [5.41, 5.74) is 16.7. The normalized spacial score (nSPS) is 12.5. The van der Waals surface area contributed by atoms with Crippen LogP contribution in [0.2, 0.25) is 0 Å². The summed E-state index contributed by atoms with van der Waals surface area (Å²) >= 11 is 0. The van der Waals surface area contributed by atoms with Crippen LogP contribution in [0.3, 0.4) is 0 Å². The Kier molecular flexibility index (Phi) is 6.44. The molecule has 0 unspecified atom stereocenters. The molecule has 3 heteroatoms. The molecule has 0 spiro atoms. The zero-order chi connectivity index (χ0) is 34.2. The zero-order valence-electron chi connectivity index (χ0n) is 28.5. The second kappa shape index (κ2) is 11.5. The summed E-state index contributed by atoms with van der Waals surface area (Å²) in [5, 5.41) is 4.71. The first-order chi connectivity index (χ1) is 25.8. The molecule has 2 nitrogen and oxygen atoms in total. The van der Waals surface area contributed by atoms with Crippen molar-refractivity contribution in [3.8, 4) is 27.9 Å². The molecular formula is C49H32BNO. The van der Waals surface area contributed by atoms with Crippen LogP contribution in [0.25, 0.3) is 71.7 Å². The lowest BCUT2D eigenvalue weighted by Gasteiger charge is -2.27. The highest BCUT2D eigenvalue weighted by atomic mass is 16.3. The number of hydrogen-bond acceptors (Lipinski definition) is 1. The summed E-state index contributed by atoms with van der Waals surface area (Å²) in [4.78, 5) is 0. The maximum Gasteiger partial charge on any atom is 0.241 e. The van der Waals surface area contributed by atoms with E-state index in [2.05, 4.69) is 187 Å². The number of furan rings is 1. The van der Waals surface area contributed by atoms with Crippen LogP contribution < -0.4 is 16.4 Å². The third-order valence-corrected chi connectivity index (χ3v) is 11.1. The van der Waals surface area contributed by atoms with Crippen LogP contribution in [-0.2, 0) is 6.42 Å². The molecule has 1 aliphatic heterocycles. The summed E-state index contributed by atoms with van der Waals surface area (Å²) in [6.45, 7) is 0.125. The highest BCUT2D eigenvalue weighted by molar-refractivity contribution is 6.96. The average Bonchev–Trinajstić information content (AvgIpc) is 3.76. The first-order valence-electron chi connectivity index (χ1n) is 18.1. The van der Waals surface area contributed by atoms with Gasteiger partial charge in [0.1, 0.15) is 5.58 Å². The van der Waals surface area contributed by atoms with Crippen LogP contribution in [0.15, 0.2) is 186 Å². The van der Waals surface area contributed by atoms with E-state index in [0.717, 1.165) is 45.2 Å². The van der Waals surface area contributed by atoms with Gasteiger partial charge >= 0.3 is 0 Å². The fourth-order valence-corrected chi connectivity index (χ4v) is 8.85. The third-order valence-electron chi connectivity index (χ3n) is 11.1. The average molecular weight is 662 g/mol. The predicted molar refractivity (Wildman–Crippen MR) is 219 cm³/mol. The quantitative estimate of drug-likeness (QED) is 0.172. The van der Waals surface area contributed by atoms with Gasteiger partial charge in [-0.3, -0.25) is 0 Å². The minimum absolute atomic E-state index is 0.125. The summed E-state index contributed by atoms with van der Waals surface area (Å²) in [5.74, 6) is 0. The molecule has 0 saturated carbocycles. The van der Waals surface area contributed by atoms with Gasteiger partial charge in [-0.05, 0) is 58.5 Å². The minimum atomic E-state index is 0.125. The Morgan fingerprint density at radius 3 is 1.69 bits per heavy atom. The topological polar surface area (TPSA) is 18.1 Å². The molecular weight excluding hydrogens is 629 g/mol. The van der Waals surface area contributed by atoms with Gasteiger partial charge in [0.15, 0.2) is 5.58 Å². The Hall–Kier alpha value is -6.58. The maximum atomic E-state index is 7.11. The Balaban J connectivity index is 1.17. The molecule has 52 heavy (non-hydrogen) atoms. The summed E-state index contributed by atoms with van der Waals surface area (Å²) < 4.78 is 9.48. The van der Waals surface area contributed by atoms with E-state index in [4.69, 9.17) is 4.42 Å². The van der Waals surface area contributed by atoms with Crippen LogP contribution in [-0.4, -0.2) is 11.3 Å². The van der Waals surface area contributed by atoms with Gasteiger partial charge in [-0.25, -0.2) is 0 Å². The number of hydrogen-bond donors (Lipinski definition) is 0. The lowest BCUT2D eigenvalue weighted by Crippen LogP contribution is -2.56. The van der Waals surface area contributed by atoms with Gasteiger partial charge in [-0.2, -0.15) is 0 Å². The van der Waals surface area contributed by atoms with Crippen molar-refractivity contribution in [1.29, 1.82) is 0 Å². The van der Waals surface area contributed by atoms with Gasteiger partial charge in [-0.15, -0.1) is 0 Å². The standard InChI is InChI=1S/C49H32BNO/c1-2-14-32(15-3-1)35-29-36(31-37(30-35)50-43-23-8-4-16-33(43)28-34-17-5-9-24-44(34)50)38-20-12-21-41-42-22-13-27-47(49(42)52-48(38)41)51-45-25-10-6-18-39(45)40-19-7-11-26-46(40)51/h1-27,29-31H,28H2. The van der Waals surface area contributed by atoms with Crippen molar-refractivity contribution >= 4 is 66.8 Å². The number of fused-ring (bicyclic) bond motifs is 8. The van der Waals surface area contributed by atoms with Gasteiger partial charge < -0.3 is 8.98 Å². The number of para-hydroxylation sites is 4. The van der Waals surface area contributed by atoms with Crippen molar-refractivity contribution in [2.75, 3.05) is 0 Å². The lowest BCUT2D eigenvalue weighted by molar-refractivity contribution is 0.667. The fourth-order valence-electron chi connectivity index (χ4n) is 8.85. The Labute approximate surface area is 302 Å². The van der Waals surface area contributed by atoms with E-state index < -0.39 is 0 Å². The van der Waals surface area contributed by atoms with E-state index in [9.17, 15) is 0 Å². The van der Waals surface area contributed by atoms with Crippen LogP contribution >= 0.6 is 0 Å². The van der Waals surface area contributed by atoms with Crippen LogP contribution in [0.4, 0.5) is 0 Å². The second-order valence-electron chi connectivity index (χ2n) is 14.0. The predicted octanol–water partition coefficient (Wildman–Crippen LogP) is 10.4. The lowest BCUT2D eigenvalue weighted by atomic mass is 9.33. The van der Waals surface area contributed by atoms with E-state index in [1.165, 1.54) is 60.4 Å². The number of aromatic nitrogens is 1. The van der Waals surface area contributed by atoms with E-state index in [1.54, 1.807) is 0 Å². The Morgan fingerprint density at radius 2 is 0.981 bits per heavy atom. The van der Waals surface area contributed by atoms with E-state index >= 15 is 0 Å². The summed E-state index contributed by atoms with van der Waals surface area (Å²) in [6.07, 6.45) is 0.959. The number of rotatable bonds is 4. The van der Waals surface area contributed by atoms with Gasteiger partial charge in [0.25, 0.3) is 0 Å². The van der Waals surface area contributed by atoms with Crippen molar-refractivity contribution in [3.63, 3.8) is 0 Å². The van der Waals surface area contributed by atoms with Gasteiger partial charge in [0, 0.05) is 27.1 Å². The molecule has 0 atom stereocenters. The third kappa shape index (κ3) is 4.39. The van der Waals surface area contributed by atoms with E-state index in [-0.39, 0.29) is 6.71 Å². The highest BCUT2D eigenvalue weighted by Gasteiger charge is 2.31. The van der Waals surface area contributed by atoms with Gasteiger partial charge in [0.05, 0.1) is 16.7 Å². The molecule has 0 bridgehead atoms. The molecule has 11 rings (SSSR count). The zero-order valence-corrected chi connectivity index (χ0v) is 28.5. The monoisotopic (exact) mass is 661 g/mol. The minimum Gasteiger partial charge on any atom is -0.453 e. The molecule has 0 amide bonds. The molecule has 8 aromatic carbocycles. The first kappa shape index (κ1) is 29.2. The molecule has 0 aliphatic carbocycles. The fraction of sp³-hybridized carbons (Fsp3) is 0.0204. The first-order valence-corrected chi connectivity index (χ1v) is 18.1. The molecule has 0 fully saturated rings. The van der Waals surface area contributed by atoms with Gasteiger partial charge in [-0.1, -0.05) is 174 Å². The molecule has 242 valence electrons. The smallest absolute Gasteiger partial charge is 0.241 e.